The monoisotopic (exact) mass is 547 g/mol. The lowest BCUT2D eigenvalue weighted by atomic mass is 10.1. The van der Waals surface area contributed by atoms with Gasteiger partial charge in [0.1, 0.15) is 12.6 Å². The molecule has 0 spiro atoms. The number of anilines is 1. The number of amides is 2. The van der Waals surface area contributed by atoms with Crippen LogP contribution in [0.15, 0.2) is 48.5 Å². The van der Waals surface area contributed by atoms with Crippen molar-refractivity contribution >= 4 is 44.9 Å². The first kappa shape index (κ1) is 28.7. The van der Waals surface area contributed by atoms with E-state index in [0.717, 1.165) is 36.2 Å². The maximum atomic E-state index is 13.8. The molecule has 0 aliphatic heterocycles. The number of ketones is 1. The van der Waals surface area contributed by atoms with Crippen LogP contribution in [0.3, 0.4) is 0 Å². The van der Waals surface area contributed by atoms with Crippen molar-refractivity contribution in [1.82, 2.24) is 10.2 Å². The van der Waals surface area contributed by atoms with Crippen molar-refractivity contribution in [2.75, 3.05) is 17.1 Å². The summed E-state index contributed by atoms with van der Waals surface area (Å²) in [6.07, 6.45) is 5.24. The van der Waals surface area contributed by atoms with Crippen LogP contribution in [-0.2, 0) is 26.2 Å². The molecule has 1 fully saturated rings. The summed E-state index contributed by atoms with van der Waals surface area (Å²) in [6, 6.07) is 12.4. The zero-order valence-corrected chi connectivity index (χ0v) is 23.0. The van der Waals surface area contributed by atoms with Crippen molar-refractivity contribution in [1.29, 1.82) is 0 Å². The molecule has 0 unspecified atom stereocenters. The van der Waals surface area contributed by atoms with E-state index in [4.69, 9.17) is 11.6 Å². The molecule has 2 aromatic carbocycles. The number of sulfonamides is 1. The topological polar surface area (TPSA) is 104 Å². The third-order valence-electron chi connectivity index (χ3n) is 6.61. The molecule has 10 heteroatoms. The molecule has 8 nitrogen and oxygen atoms in total. The molecule has 2 aromatic rings. The predicted molar refractivity (Wildman–Crippen MR) is 145 cm³/mol. The van der Waals surface area contributed by atoms with Crippen LogP contribution in [0.5, 0.6) is 0 Å². The van der Waals surface area contributed by atoms with Crippen LogP contribution >= 0.6 is 11.6 Å². The van der Waals surface area contributed by atoms with Gasteiger partial charge in [0.15, 0.2) is 5.78 Å². The number of Topliss-reactive ketones (excluding diaryl/α,β-unsaturated/α-hetero) is 1. The molecule has 0 aromatic heterocycles. The maximum Gasteiger partial charge on any atom is 0.244 e. The van der Waals surface area contributed by atoms with Gasteiger partial charge in [-0.15, -0.1) is 0 Å². The van der Waals surface area contributed by atoms with E-state index >= 15 is 0 Å². The second kappa shape index (κ2) is 12.6. The number of hydrogen-bond acceptors (Lipinski definition) is 5. The van der Waals surface area contributed by atoms with E-state index in [1.807, 2.05) is 6.92 Å². The van der Waals surface area contributed by atoms with Gasteiger partial charge in [0.05, 0.1) is 11.9 Å². The third-order valence-corrected chi connectivity index (χ3v) is 8.12. The quantitative estimate of drug-likeness (QED) is 0.425. The molecular formula is C27H34ClN3O5S. The Hall–Kier alpha value is -2.91. The first-order chi connectivity index (χ1) is 17.5. The zero-order valence-electron chi connectivity index (χ0n) is 21.4. The number of benzene rings is 2. The number of hydrogen-bond donors (Lipinski definition) is 1. The second-order valence-electron chi connectivity index (χ2n) is 9.40. The summed E-state index contributed by atoms with van der Waals surface area (Å²) < 4.78 is 26.5. The Morgan fingerprint density at radius 3 is 2.35 bits per heavy atom. The molecule has 1 N–H and O–H groups in total. The highest BCUT2D eigenvalue weighted by Crippen LogP contribution is 2.24. The lowest BCUT2D eigenvalue weighted by molar-refractivity contribution is -0.140. The fourth-order valence-electron chi connectivity index (χ4n) is 4.59. The van der Waals surface area contributed by atoms with E-state index in [2.05, 4.69) is 5.32 Å². The number of carbonyl (C=O) groups excluding carboxylic acids is 3. The van der Waals surface area contributed by atoms with Crippen molar-refractivity contribution < 1.29 is 22.8 Å². The normalized spacial score (nSPS) is 14.7. The highest BCUT2D eigenvalue weighted by molar-refractivity contribution is 7.92. The van der Waals surface area contributed by atoms with Gasteiger partial charge in [0.2, 0.25) is 21.8 Å². The molecule has 2 amide bonds. The van der Waals surface area contributed by atoms with Crippen molar-refractivity contribution in [3.05, 3.63) is 64.7 Å². The van der Waals surface area contributed by atoms with E-state index in [1.54, 1.807) is 36.4 Å². The SMILES string of the molecule is CC[C@H](C(=O)NC1CCCC1)N(Cc1ccccc1Cl)C(=O)CN(c1cccc(C(C)=O)c1)S(C)(=O)=O. The molecule has 3 rings (SSSR count). The summed E-state index contributed by atoms with van der Waals surface area (Å²) in [7, 11) is -3.89. The molecule has 1 aliphatic rings. The van der Waals surface area contributed by atoms with Crippen LogP contribution in [0.4, 0.5) is 5.69 Å². The van der Waals surface area contributed by atoms with Gasteiger partial charge in [-0.1, -0.05) is 61.7 Å². The standard InChI is InChI=1S/C27H34ClN3O5S/c1-4-25(27(34)29-22-12-6-7-13-22)30(17-21-10-5-8-15-24(21)28)26(33)18-31(37(3,35)36)23-14-9-11-20(16-23)19(2)32/h5,8-11,14-16,22,25H,4,6-7,12-13,17-18H2,1-3H3,(H,29,34)/t25-/m1/s1. The van der Waals surface area contributed by atoms with Crippen LogP contribution in [0.2, 0.25) is 5.02 Å². The molecule has 200 valence electrons. The predicted octanol–water partition coefficient (Wildman–Crippen LogP) is 4.17. The second-order valence-corrected chi connectivity index (χ2v) is 11.7. The van der Waals surface area contributed by atoms with E-state index < -0.39 is 28.5 Å². The highest BCUT2D eigenvalue weighted by atomic mass is 35.5. The minimum absolute atomic E-state index is 0.0419. The first-order valence-corrected chi connectivity index (χ1v) is 14.7. The van der Waals surface area contributed by atoms with Crippen molar-refractivity contribution in [2.24, 2.45) is 0 Å². The van der Waals surface area contributed by atoms with Crippen LogP contribution in [0, 0.1) is 0 Å². The molecule has 0 radical (unpaired) electrons. The third kappa shape index (κ3) is 7.55. The fourth-order valence-corrected chi connectivity index (χ4v) is 5.63. The van der Waals surface area contributed by atoms with E-state index in [-0.39, 0.29) is 30.0 Å². The van der Waals surface area contributed by atoms with Gasteiger partial charge < -0.3 is 10.2 Å². The van der Waals surface area contributed by atoms with Gasteiger partial charge in [-0.2, -0.15) is 0 Å². The van der Waals surface area contributed by atoms with E-state index in [0.29, 0.717) is 22.6 Å². The maximum absolute atomic E-state index is 13.8. The van der Waals surface area contributed by atoms with E-state index in [1.165, 1.54) is 24.0 Å². The van der Waals surface area contributed by atoms with Gasteiger partial charge in [0.25, 0.3) is 0 Å². The Labute approximate surface area is 224 Å². The lowest BCUT2D eigenvalue weighted by Crippen LogP contribution is -2.53. The van der Waals surface area contributed by atoms with E-state index in [9.17, 15) is 22.8 Å². The average molecular weight is 548 g/mol. The lowest BCUT2D eigenvalue weighted by Gasteiger charge is -2.33. The number of nitrogens with zero attached hydrogens (tertiary/aromatic N) is 2. The Balaban J connectivity index is 1.95. The summed E-state index contributed by atoms with van der Waals surface area (Å²) in [4.78, 5) is 40.4. The number of carbonyl (C=O) groups is 3. The molecule has 0 saturated heterocycles. The minimum atomic E-state index is -3.89. The number of nitrogens with one attached hydrogen (secondary N) is 1. The van der Waals surface area contributed by atoms with Crippen molar-refractivity contribution in [2.45, 2.75) is 64.6 Å². The average Bonchev–Trinajstić information content (AvgIpc) is 3.35. The van der Waals surface area contributed by atoms with Gasteiger partial charge >= 0.3 is 0 Å². The summed E-state index contributed by atoms with van der Waals surface area (Å²) in [5.74, 6) is -1.04. The minimum Gasteiger partial charge on any atom is -0.352 e. The summed E-state index contributed by atoms with van der Waals surface area (Å²) in [6.45, 7) is 2.71. The Morgan fingerprint density at radius 1 is 1.08 bits per heavy atom. The molecule has 1 atom stereocenters. The van der Waals surface area contributed by atoms with Crippen molar-refractivity contribution in [3.8, 4) is 0 Å². The Morgan fingerprint density at radius 2 is 1.76 bits per heavy atom. The van der Waals surface area contributed by atoms with Crippen LogP contribution in [-0.4, -0.2) is 55.8 Å². The molecule has 0 heterocycles. The van der Waals surface area contributed by atoms with Gasteiger partial charge in [-0.25, -0.2) is 8.42 Å². The first-order valence-electron chi connectivity index (χ1n) is 12.4. The molecular weight excluding hydrogens is 514 g/mol. The smallest absolute Gasteiger partial charge is 0.244 e. The van der Waals surface area contributed by atoms with Gasteiger partial charge in [-0.05, 0) is 49.9 Å². The molecule has 1 aliphatic carbocycles. The summed E-state index contributed by atoms with van der Waals surface area (Å²) >= 11 is 6.38. The van der Waals surface area contributed by atoms with Crippen LogP contribution < -0.4 is 9.62 Å². The van der Waals surface area contributed by atoms with Crippen LogP contribution in [0.1, 0.15) is 61.9 Å². The zero-order chi connectivity index (χ0) is 27.2. The van der Waals surface area contributed by atoms with Crippen LogP contribution in [0.25, 0.3) is 0 Å². The number of halogens is 1. The summed E-state index contributed by atoms with van der Waals surface area (Å²) in [5.41, 5.74) is 1.17. The molecule has 0 bridgehead atoms. The molecule has 37 heavy (non-hydrogen) atoms. The fraction of sp³-hybridized carbons (Fsp3) is 0.444. The van der Waals surface area contributed by atoms with Gasteiger partial charge in [0, 0.05) is 23.2 Å². The Bertz CT molecular complexity index is 1240. The Kier molecular flexibility index (Phi) is 9.73. The highest BCUT2D eigenvalue weighted by Gasteiger charge is 2.33. The van der Waals surface area contributed by atoms with Crippen molar-refractivity contribution in [3.63, 3.8) is 0 Å². The number of rotatable bonds is 11. The van der Waals surface area contributed by atoms with Gasteiger partial charge in [-0.3, -0.25) is 18.7 Å². The largest absolute Gasteiger partial charge is 0.352 e. The summed E-state index contributed by atoms with van der Waals surface area (Å²) in [5, 5.41) is 3.51. The molecule has 1 saturated carbocycles.